The van der Waals surface area contributed by atoms with Crippen LogP contribution in [-0.4, -0.2) is 26.3 Å². The van der Waals surface area contributed by atoms with Crippen molar-refractivity contribution >= 4 is 26.4 Å². The molecule has 2 aromatic rings. The van der Waals surface area contributed by atoms with Crippen LogP contribution in [0.1, 0.15) is 21.5 Å². The van der Waals surface area contributed by atoms with Crippen molar-refractivity contribution in [3.63, 3.8) is 0 Å². The third-order valence-electron chi connectivity index (χ3n) is 4.05. The Labute approximate surface area is 143 Å². The van der Waals surface area contributed by atoms with Crippen LogP contribution in [0.5, 0.6) is 11.5 Å². The smallest absolute Gasteiger partial charge is 0.189 e. The van der Waals surface area contributed by atoms with Crippen molar-refractivity contribution in [2.45, 2.75) is 12.7 Å². The molecule has 0 N–H and O–H groups in total. The van der Waals surface area contributed by atoms with Crippen LogP contribution in [0.2, 0.25) is 0 Å². The molecule has 0 fully saturated rings. The Kier molecular flexibility index (Phi) is 4.77. The zero-order valence-corrected chi connectivity index (χ0v) is 14.7. The highest BCUT2D eigenvalue weighted by atomic mass is 31.1. The van der Waals surface area contributed by atoms with Gasteiger partial charge < -0.3 is 9.47 Å². The van der Waals surface area contributed by atoms with Gasteiger partial charge in [-0.3, -0.25) is 4.79 Å². The van der Waals surface area contributed by atoms with E-state index in [2.05, 4.69) is 10.9 Å². The second kappa shape index (κ2) is 6.98. The summed E-state index contributed by atoms with van der Waals surface area (Å²) in [7, 11) is 4.24. The number of methoxy groups -OCH3 is 2. The lowest BCUT2D eigenvalue weighted by Gasteiger charge is -2.08. The first-order chi connectivity index (χ1) is 11.7. The Bertz CT molecular complexity index is 825. The zero-order valence-electron chi connectivity index (χ0n) is 13.8. The maximum atomic E-state index is 12.7. The van der Waals surface area contributed by atoms with E-state index in [0.717, 1.165) is 31.2 Å². The topological polar surface area (TPSA) is 39.4 Å². The van der Waals surface area contributed by atoms with Crippen molar-refractivity contribution in [2.75, 3.05) is 14.2 Å². The van der Waals surface area contributed by atoms with Crippen molar-refractivity contribution in [1.29, 1.82) is 0 Å². The largest absolute Gasteiger partial charge is 0.493 e. The molecule has 0 amide bonds. The van der Waals surface area contributed by atoms with Gasteiger partial charge in [-0.1, -0.05) is 6.30 Å². The lowest BCUT2D eigenvalue weighted by Crippen LogP contribution is -2.29. The van der Waals surface area contributed by atoms with E-state index >= 15 is 0 Å². The van der Waals surface area contributed by atoms with Crippen molar-refractivity contribution in [2.24, 2.45) is 0 Å². The predicted molar refractivity (Wildman–Crippen MR) is 96.2 cm³/mol. The van der Waals surface area contributed by atoms with Crippen molar-refractivity contribution < 1.29 is 18.8 Å². The Morgan fingerprint density at radius 3 is 2.50 bits per heavy atom. The van der Waals surface area contributed by atoms with E-state index in [0.29, 0.717) is 23.5 Å². The van der Waals surface area contributed by atoms with E-state index in [-0.39, 0.29) is 5.78 Å². The normalized spacial score (nSPS) is 14.9. The summed E-state index contributed by atoms with van der Waals surface area (Å²) in [6, 6.07) is 7.67. The number of allylic oxidation sites excluding steroid dienone is 1. The van der Waals surface area contributed by atoms with Gasteiger partial charge in [0.25, 0.3) is 0 Å². The standard InChI is InChI=1S/C19H19NO3P/c1-22-17-10-14-9-15(19(21)16(14)11-18(17)23-2)8-13-4-6-20(7-5-13)12-24-3/h4-8,10-11H,3,9,12H2,1-2H3/q+1. The number of ketones is 1. The maximum Gasteiger partial charge on any atom is 0.189 e. The summed E-state index contributed by atoms with van der Waals surface area (Å²) in [5.74, 6) is 1.29. The Morgan fingerprint density at radius 1 is 1.21 bits per heavy atom. The number of rotatable bonds is 5. The molecule has 0 saturated heterocycles. The van der Waals surface area contributed by atoms with E-state index in [4.69, 9.17) is 9.47 Å². The molecule has 1 aromatic heterocycles. The van der Waals surface area contributed by atoms with Crippen LogP contribution in [0.15, 0.2) is 42.2 Å². The first-order valence-electron chi connectivity index (χ1n) is 7.58. The number of carbonyl (C=O) groups is 1. The van der Waals surface area contributed by atoms with Crippen LogP contribution in [0, 0.1) is 0 Å². The minimum atomic E-state index is 0.0546. The number of pyridine rings is 1. The summed E-state index contributed by atoms with van der Waals surface area (Å²) < 4.78 is 12.7. The molecule has 122 valence electrons. The third kappa shape index (κ3) is 3.10. The fourth-order valence-electron chi connectivity index (χ4n) is 2.83. The van der Waals surface area contributed by atoms with Gasteiger partial charge in [-0.2, -0.15) is 4.57 Å². The van der Waals surface area contributed by atoms with Gasteiger partial charge in [-0.05, 0) is 37.5 Å². The molecule has 0 bridgehead atoms. The summed E-state index contributed by atoms with van der Waals surface area (Å²) in [4.78, 5) is 12.7. The fraction of sp³-hybridized carbons (Fsp3) is 0.211. The van der Waals surface area contributed by atoms with Crippen LogP contribution >= 0.6 is 8.20 Å². The monoisotopic (exact) mass is 340 g/mol. The van der Waals surface area contributed by atoms with Gasteiger partial charge in [0, 0.05) is 29.7 Å². The maximum absolute atomic E-state index is 12.7. The van der Waals surface area contributed by atoms with Crippen LogP contribution in [0.25, 0.3) is 6.08 Å². The average molecular weight is 340 g/mol. The lowest BCUT2D eigenvalue weighted by atomic mass is 10.1. The van der Waals surface area contributed by atoms with Gasteiger partial charge in [0.1, 0.15) is 0 Å². The molecule has 0 radical (unpaired) electrons. The lowest BCUT2D eigenvalue weighted by molar-refractivity contribution is -0.676. The number of carbonyl (C=O) groups excluding carboxylic acids is 1. The molecule has 1 aromatic carbocycles. The van der Waals surface area contributed by atoms with Gasteiger partial charge in [-0.15, -0.1) is 0 Å². The van der Waals surface area contributed by atoms with Crippen molar-refractivity contribution in [3.8, 4) is 11.5 Å². The van der Waals surface area contributed by atoms with Crippen molar-refractivity contribution in [1.82, 2.24) is 0 Å². The zero-order chi connectivity index (χ0) is 17.1. The van der Waals surface area contributed by atoms with E-state index < -0.39 is 0 Å². The SMILES string of the molecule is C=PC[n+]1ccc(C=C2Cc3cc(OC)c(OC)cc3C2=O)cc1. The van der Waals surface area contributed by atoms with Gasteiger partial charge in [0.05, 0.1) is 14.2 Å². The van der Waals surface area contributed by atoms with Crippen LogP contribution in [-0.2, 0) is 12.7 Å². The van der Waals surface area contributed by atoms with Gasteiger partial charge in [0.2, 0.25) is 0 Å². The first-order valence-corrected chi connectivity index (χ1v) is 8.84. The summed E-state index contributed by atoms with van der Waals surface area (Å²) in [6.45, 7) is 0. The minimum Gasteiger partial charge on any atom is -0.493 e. The molecule has 4 nitrogen and oxygen atoms in total. The van der Waals surface area contributed by atoms with Crippen LogP contribution in [0.3, 0.4) is 0 Å². The molecule has 0 aliphatic heterocycles. The molecular formula is C19H19NO3P+. The number of fused-ring (bicyclic) bond motifs is 1. The molecule has 0 unspecified atom stereocenters. The van der Waals surface area contributed by atoms with Gasteiger partial charge in [0.15, 0.2) is 36.0 Å². The Hall–Kier alpha value is -2.45. The molecule has 0 spiro atoms. The molecule has 0 atom stereocenters. The van der Waals surface area contributed by atoms with Gasteiger partial charge >= 0.3 is 0 Å². The van der Waals surface area contributed by atoms with Crippen molar-refractivity contribution in [3.05, 3.63) is 58.9 Å². The molecular weight excluding hydrogens is 321 g/mol. The summed E-state index contributed by atoms with van der Waals surface area (Å²) in [5.41, 5.74) is 3.47. The van der Waals surface area contributed by atoms with Crippen LogP contribution in [0.4, 0.5) is 0 Å². The molecule has 3 rings (SSSR count). The highest BCUT2D eigenvalue weighted by molar-refractivity contribution is 7.35. The van der Waals surface area contributed by atoms with E-state index in [9.17, 15) is 4.79 Å². The van der Waals surface area contributed by atoms with Gasteiger partial charge in [-0.25, -0.2) is 0 Å². The highest BCUT2D eigenvalue weighted by Gasteiger charge is 2.27. The summed E-state index contributed by atoms with van der Waals surface area (Å²) in [6.07, 6.45) is 11.3. The second-order valence-corrected chi connectivity index (χ2v) is 6.28. The third-order valence-corrected chi connectivity index (χ3v) is 4.57. The summed E-state index contributed by atoms with van der Waals surface area (Å²) >= 11 is 0. The minimum absolute atomic E-state index is 0.0546. The number of benzene rings is 1. The number of Topliss-reactive ketones (excluding diaryl/α,β-unsaturated/α-hetero) is 1. The van der Waals surface area contributed by atoms with E-state index in [1.807, 2.05) is 36.7 Å². The number of nitrogens with zero attached hydrogens (tertiary/aromatic N) is 1. The number of aromatic nitrogens is 1. The van der Waals surface area contributed by atoms with Crippen LogP contribution < -0.4 is 14.0 Å². The molecule has 1 heterocycles. The summed E-state index contributed by atoms with van der Waals surface area (Å²) in [5, 5.41) is 0. The van der Waals surface area contributed by atoms with E-state index in [1.165, 1.54) is 0 Å². The average Bonchev–Trinajstić information content (AvgIpc) is 2.90. The molecule has 5 heteroatoms. The number of hydrogen-bond acceptors (Lipinski definition) is 3. The fourth-order valence-corrected chi connectivity index (χ4v) is 3.25. The molecule has 24 heavy (non-hydrogen) atoms. The molecule has 1 aliphatic rings. The number of ether oxygens (including phenoxy) is 2. The quantitative estimate of drug-likeness (QED) is 0.477. The molecule has 1 aliphatic carbocycles. The predicted octanol–water partition coefficient (Wildman–Crippen LogP) is 3.15. The second-order valence-electron chi connectivity index (χ2n) is 5.55. The van der Waals surface area contributed by atoms with E-state index in [1.54, 1.807) is 20.3 Å². The highest BCUT2D eigenvalue weighted by Crippen LogP contribution is 2.36. The Balaban J connectivity index is 1.91. The number of hydrogen-bond donors (Lipinski definition) is 0. The Morgan fingerprint density at radius 2 is 1.88 bits per heavy atom. The first kappa shape index (κ1) is 16.4. The molecule has 0 saturated carbocycles.